The van der Waals surface area contributed by atoms with Crippen molar-refractivity contribution in [3.63, 3.8) is 0 Å². The molecule has 3 rings (SSSR count). The fraction of sp³-hybridized carbons (Fsp3) is 0.667. The maximum absolute atomic E-state index is 6.17. The zero-order chi connectivity index (χ0) is 14.2. The van der Waals surface area contributed by atoms with Crippen molar-refractivity contribution < 1.29 is 4.74 Å². The van der Waals surface area contributed by atoms with Crippen molar-refractivity contribution in [2.24, 2.45) is 17.1 Å². The molecule has 0 amide bonds. The number of aryl methyl sites for hydroxylation is 1. The first-order valence-corrected chi connectivity index (χ1v) is 8.06. The second-order valence-electron chi connectivity index (χ2n) is 7.16. The highest BCUT2D eigenvalue weighted by atomic mass is 16.5. The Hall–Kier alpha value is -1.02. The molecular formula is C18H27NO. The lowest BCUT2D eigenvalue weighted by atomic mass is 9.67. The molecule has 0 saturated heterocycles. The molecule has 1 saturated carbocycles. The highest BCUT2D eigenvalue weighted by Gasteiger charge is 2.38. The third kappa shape index (κ3) is 2.71. The van der Waals surface area contributed by atoms with Crippen molar-refractivity contribution in [2.75, 3.05) is 6.54 Å². The SMILES string of the molecule is Cc1ccc2c(c1)CC(CC1(CN)CCCC(C)C1)O2. The summed E-state index contributed by atoms with van der Waals surface area (Å²) in [5.74, 6) is 1.91. The number of fused-ring (bicyclic) bond motifs is 1. The Morgan fingerprint density at radius 2 is 2.25 bits per heavy atom. The first-order valence-electron chi connectivity index (χ1n) is 8.06. The predicted molar refractivity (Wildman–Crippen MR) is 83.0 cm³/mol. The molecule has 2 N–H and O–H groups in total. The third-order valence-corrected chi connectivity index (χ3v) is 5.24. The second-order valence-corrected chi connectivity index (χ2v) is 7.16. The van der Waals surface area contributed by atoms with E-state index in [0.717, 1.165) is 31.1 Å². The summed E-state index contributed by atoms with van der Waals surface area (Å²) in [5, 5.41) is 0. The van der Waals surface area contributed by atoms with E-state index in [1.54, 1.807) is 0 Å². The molecule has 110 valence electrons. The standard InChI is InChI=1S/C18H27NO/c1-13-5-6-17-15(8-13)9-16(20-17)11-18(12-19)7-3-4-14(2)10-18/h5-6,8,14,16H,3-4,7,9-12,19H2,1-2H3. The van der Waals surface area contributed by atoms with E-state index in [9.17, 15) is 0 Å². The summed E-state index contributed by atoms with van der Waals surface area (Å²) < 4.78 is 6.17. The molecule has 1 aliphatic heterocycles. The lowest BCUT2D eigenvalue weighted by Crippen LogP contribution is -2.39. The van der Waals surface area contributed by atoms with E-state index in [4.69, 9.17) is 10.5 Å². The number of rotatable bonds is 3. The Morgan fingerprint density at radius 1 is 1.40 bits per heavy atom. The molecule has 1 aromatic carbocycles. The van der Waals surface area contributed by atoms with Crippen molar-refractivity contribution in [2.45, 2.75) is 58.5 Å². The highest BCUT2D eigenvalue weighted by Crippen LogP contribution is 2.44. The maximum atomic E-state index is 6.17. The van der Waals surface area contributed by atoms with Crippen LogP contribution in [0.15, 0.2) is 18.2 Å². The van der Waals surface area contributed by atoms with Gasteiger partial charge in [-0.2, -0.15) is 0 Å². The van der Waals surface area contributed by atoms with Crippen LogP contribution in [0.4, 0.5) is 0 Å². The van der Waals surface area contributed by atoms with E-state index in [1.807, 2.05) is 0 Å². The summed E-state index contributed by atoms with van der Waals surface area (Å²) >= 11 is 0. The van der Waals surface area contributed by atoms with E-state index < -0.39 is 0 Å². The topological polar surface area (TPSA) is 35.2 Å². The summed E-state index contributed by atoms with van der Waals surface area (Å²) in [6.45, 7) is 5.33. The summed E-state index contributed by atoms with van der Waals surface area (Å²) in [6.07, 6.45) is 7.78. The molecule has 2 heteroatoms. The van der Waals surface area contributed by atoms with Gasteiger partial charge in [-0.05, 0) is 55.7 Å². The van der Waals surface area contributed by atoms with Gasteiger partial charge in [0.25, 0.3) is 0 Å². The van der Waals surface area contributed by atoms with Crippen LogP contribution in [0.3, 0.4) is 0 Å². The summed E-state index contributed by atoms with van der Waals surface area (Å²) in [7, 11) is 0. The minimum Gasteiger partial charge on any atom is -0.490 e. The molecule has 20 heavy (non-hydrogen) atoms. The number of ether oxygens (including phenoxy) is 1. The summed E-state index contributed by atoms with van der Waals surface area (Å²) in [4.78, 5) is 0. The van der Waals surface area contributed by atoms with Gasteiger partial charge < -0.3 is 10.5 Å². The van der Waals surface area contributed by atoms with E-state index in [1.165, 1.54) is 36.8 Å². The zero-order valence-electron chi connectivity index (χ0n) is 12.8. The van der Waals surface area contributed by atoms with Crippen LogP contribution in [0, 0.1) is 18.3 Å². The molecule has 2 nitrogen and oxygen atoms in total. The van der Waals surface area contributed by atoms with Crippen LogP contribution < -0.4 is 10.5 Å². The predicted octanol–water partition coefficient (Wildman–Crippen LogP) is 3.84. The average molecular weight is 273 g/mol. The van der Waals surface area contributed by atoms with Crippen molar-refractivity contribution in [3.8, 4) is 5.75 Å². The molecule has 0 aromatic heterocycles. The summed E-state index contributed by atoms with van der Waals surface area (Å²) in [5.41, 5.74) is 9.18. The molecule has 3 unspecified atom stereocenters. The van der Waals surface area contributed by atoms with Gasteiger partial charge >= 0.3 is 0 Å². The van der Waals surface area contributed by atoms with Crippen molar-refractivity contribution in [1.29, 1.82) is 0 Å². The Kier molecular flexibility index (Phi) is 3.76. The molecule has 3 atom stereocenters. The third-order valence-electron chi connectivity index (χ3n) is 5.24. The Labute approximate surface area is 122 Å². The van der Waals surface area contributed by atoms with E-state index in [0.29, 0.717) is 11.5 Å². The van der Waals surface area contributed by atoms with Gasteiger partial charge in [0.15, 0.2) is 0 Å². The Bertz CT molecular complexity index is 484. The first kappa shape index (κ1) is 13.9. The van der Waals surface area contributed by atoms with Crippen molar-refractivity contribution in [1.82, 2.24) is 0 Å². The number of hydrogen-bond acceptors (Lipinski definition) is 2. The Balaban J connectivity index is 1.70. The van der Waals surface area contributed by atoms with Gasteiger partial charge in [-0.3, -0.25) is 0 Å². The lowest BCUT2D eigenvalue weighted by molar-refractivity contribution is 0.0824. The quantitative estimate of drug-likeness (QED) is 0.908. The molecule has 1 aliphatic carbocycles. The maximum Gasteiger partial charge on any atom is 0.123 e. The van der Waals surface area contributed by atoms with Gasteiger partial charge in [-0.25, -0.2) is 0 Å². The Morgan fingerprint density at radius 3 is 3.00 bits per heavy atom. The number of hydrogen-bond donors (Lipinski definition) is 1. The van der Waals surface area contributed by atoms with Crippen LogP contribution in [0.2, 0.25) is 0 Å². The largest absolute Gasteiger partial charge is 0.490 e. The monoisotopic (exact) mass is 273 g/mol. The number of nitrogens with two attached hydrogens (primary N) is 1. The van der Waals surface area contributed by atoms with Crippen LogP contribution in [0.5, 0.6) is 5.75 Å². The fourth-order valence-corrected chi connectivity index (χ4v) is 4.27. The molecular weight excluding hydrogens is 246 g/mol. The van der Waals surface area contributed by atoms with Gasteiger partial charge in [0, 0.05) is 6.42 Å². The zero-order valence-corrected chi connectivity index (χ0v) is 12.8. The van der Waals surface area contributed by atoms with E-state index in [-0.39, 0.29) is 0 Å². The molecule has 1 aromatic rings. The minimum absolute atomic E-state index is 0.319. The van der Waals surface area contributed by atoms with E-state index in [2.05, 4.69) is 32.0 Å². The minimum atomic E-state index is 0.319. The van der Waals surface area contributed by atoms with Crippen molar-refractivity contribution in [3.05, 3.63) is 29.3 Å². The molecule has 2 aliphatic rings. The van der Waals surface area contributed by atoms with Crippen molar-refractivity contribution >= 4 is 0 Å². The molecule has 1 fully saturated rings. The average Bonchev–Trinajstić information content (AvgIpc) is 2.79. The van der Waals surface area contributed by atoms with Gasteiger partial charge in [0.2, 0.25) is 0 Å². The molecule has 0 spiro atoms. The number of benzene rings is 1. The van der Waals surface area contributed by atoms with Crippen LogP contribution in [0.1, 0.15) is 50.2 Å². The normalized spacial score (nSPS) is 32.8. The fourth-order valence-electron chi connectivity index (χ4n) is 4.27. The highest BCUT2D eigenvalue weighted by molar-refractivity contribution is 5.40. The van der Waals surface area contributed by atoms with Gasteiger partial charge in [0.05, 0.1) is 0 Å². The van der Waals surface area contributed by atoms with Crippen LogP contribution in [0.25, 0.3) is 0 Å². The summed E-state index contributed by atoms with van der Waals surface area (Å²) in [6, 6.07) is 6.54. The second kappa shape index (κ2) is 5.40. The molecule has 1 heterocycles. The molecule has 0 bridgehead atoms. The molecule has 0 radical (unpaired) electrons. The van der Waals surface area contributed by atoms with Crippen LogP contribution in [-0.2, 0) is 6.42 Å². The van der Waals surface area contributed by atoms with E-state index >= 15 is 0 Å². The van der Waals surface area contributed by atoms with Crippen LogP contribution >= 0.6 is 0 Å². The van der Waals surface area contributed by atoms with Gasteiger partial charge in [-0.1, -0.05) is 37.5 Å². The van der Waals surface area contributed by atoms with Gasteiger partial charge in [-0.15, -0.1) is 0 Å². The first-order chi connectivity index (χ1) is 9.60. The van der Waals surface area contributed by atoms with Gasteiger partial charge in [0.1, 0.15) is 11.9 Å². The smallest absolute Gasteiger partial charge is 0.123 e. The van der Waals surface area contributed by atoms with Crippen LogP contribution in [-0.4, -0.2) is 12.6 Å². The lowest BCUT2D eigenvalue weighted by Gasteiger charge is -2.40.